The molecule has 1 aromatic heterocycles. The van der Waals surface area contributed by atoms with E-state index < -0.39 is 0 Å². The maximum Gasteiger partial charge on any atom is 0.258 e. The van der Waals surface area contributed by atoms with E-state index >= 15 is 0 Å². The predicted molar refractivity (Wildman–Crippen MR) is 88.7 cm³/mol. The van der Waals surface area contributed by atoms with Crippen LogP contribution in [0.15, 0.2) is 21.4 Å². The first-order valence-electron chi connectivity index (χ1n) is 7.23. The monoisotopic (exact) mass is 359 g/mol. The fraction of sp³-hybridized carbons (Fsp3) is 0.667. The normalized spacial score (nSPS) is 11.4. The molecule has 0 saturated heterocycles. The maximum absolute atomic E-state index is 12.6. The lowest BCUT2D eigenvalue weighted by Gasteiger charge is -2.24. The van der Waals surface area contributed by atoms with Crippen molar-refractivity contribution < 1.29 is 9.21 Å². The van der Waals surface area contributed by atoms with Crippen LogP contribution in [-0.2, 0) is 0 Å². The summed E-state index contributed by atoms with van der Waals surface area (Å²) in [6, 6.07) is 1.72. The van der Waals surface area contributed by atoms with Gasteiger partial charge in [-0.2, -0.15) is 0 Å². The molecule has 0 unspecified atom stereocenters. The van der Waals surface area contributed by atoms with Gasteiger partial charge >= 0.3 is 0 Å². The van der Waals surface area contributed by atoms with Crippen molar-refractivity contribution in [1.82, 2.24) is 14.7 Å². The third-order valence-corrected chi connectivity index (χ3v) is 3.82. The van der Waals surface area contributed by atoms with Crippen LogP contribution in [0.4, 0.5) is 0 Å². The van der Waals surface area contributed by atoms with Gasteiger partial charge in [0.1, 0.15) is 0 Å². The lowest BCUT2D eigenvalue weighted by atomic mass is 10.2. The van der Waals surface area contributed by atoms with Crippen LogP contribution in [0.5, 0.6) is 0 Å². The summed E-state index contributed by atoms with van der Waals surface area (Å²) < 4.78 is 5.69. The summed E-state index contributed by atoms with van der Waals surface area (Å²) in [6.07, 6.45) is 3.47. The Morgan fingerprint density at radius 2 is 1.57 bits per heavy atom. The molecule has 1 amide bonds. The lowest BCUT2D eigenvalue weighted by molar-refractivity contribution is 0.0742. The molecule has 0 fully saturated rings. The summed E-state index contributed by atoms with van der Waals surface area (Å²) in [6.45, 7) is 3.48. The second kappa shape index (κ2) is 9.23. The Labute approximate surface area is 136 Å². The second-order valence-electron chi connectivity index (χ2n) is 5.71. The minimum atomic E-state index is 0.0353. The Bertz CT molecular complexity index is 418. The third kappa shape index (κ3) is 6.63. The smallest absolute Gasteiger partial charge is 0.258 e. The zero-order valence-corrected chi connectivity index (χ0v) is 15.0. The zero-order chi connectivity index (χ0) is 15.8. The van der Waals surface area contributed by atoms with Crippen molar-refractivity contribution in [3.05, 3.63) is 22.6 Å². The molecular formula is C15H26BrN3O2. The SMILES string of the molecule is CN(C)CCCN(CCCN(C)C)C(=O)c1ccoc1Br. The number of carbonyl (C=O) groups is 1. The van der Waals surface area contributed by atoms with E-state index in [1.807, 2.05) is 33.1 Å². The molecule has 21 heavy (non-hydrogen) atoms. The van der Waals surface area contributed by atoms with Crippen LogP contribution < -0.4 is 0 Å². The Balaban J connectivity index is 2.61. The summed E-state index contributed by atoms with van der Waals surface area (Å²) >= 11 is 3.29. The third-order valence-electron chi connectivity index (χ3n) is 3.20. The van der Waals surface area contributed by atoms with Crippen LogP contribution in [0.25, 0.3) is 0 Å². The number of hydrogen-bond acceptors (Lipinski definition) is 4. The first kappa shape index (κ1) is 18.2. The standard InChI is InChI=1S/C15H26BrN3O2/c1-17(2)8-5-10-19(11-6-9-18(3)4)15(20)13-7-12-21-14(13)16/h7,12H,5-6,8-11H2,1-4H3. The molecule has 0 atom stereocenters. The molecule has 120 valence electrons. The van der Waals surface area contributed by atoms with Gasteiger partial charge in [0.15, 0.2) is 4.67 Å². The second-order valence-corrected chi connectivity index (χ2v) is 6.43. The van der Waals surface area contributed by atoms with Gasteiger partial charge in [0.25, 0.3) is 5.91 Å². The van der Waals surface area contributed by atoms with Gasteiger partial charge in [-0.15, -0.1) is 0 Å². The maximum atomic E-state index is 12.6. The van der Waals surface area contributed by atoms with E-state index in [0.29, 0.717) is 10.2 Å². The van der Waals surface area contributed by atoms with E-state index in [9.17, 15) is 4.79 Å². The lowest BCUT2D eigenvalue weighted by Crippen LogP contribution is -2.35. The molecule has 6 heteroatoms. The van der Waals surface area contributed by atoms with Crippen LogP contribution in [0.1, 0.15) is 23.2 Å². The van der Waals surface area contributed by atoms with Crippen LogP contribution in [0.2, 0.25) is 0 Å². The summed E-state index contributed by atoms with van der Waals surface area (Å²) in [4.78, 5) is 18.8. The van der Waals surface area contributed by atoms with Gasteiger partial charge in [0.2, 0.25) is 0 Å². The average Bonchev–Trinajstić information content (AvgIpc) is 2.81. The highest BCUT2D eigenvalue weighted by molar-refractivity contribution is 9.10. The molecule has 0 aromatic carbocycles. The number of amides is 1. The number of hydrogen-bond donors (Lipinski definition) is 0. The van der Waals surface area contributed by atoms with Crippen molar-refractivity contribution in [2.45, 2.75) is 12.8 Å². The van der Waals surface area contributed by atoms with Gasteiger partial charge in [0, 0.05) is 13.1 Å². The molecule has 5 nitrogen and oxygen atoms in total. The fourth-order valence-electron chi connectivity index (χ4n) is 2.09. The molecule has 1 rings (SSSR count). The highest BCUT2D eigenvalue weighted by Crippen LogP contribution is 2.19. The quantitative estimate of drug-likeness (QED) is 0.678. The van der Waals surface area contributed by atoms with Gasteiger partial charge in [-0.3, -0.25) is 4.79 Å². The molecule has 0 spiro atoms. The number of rotatable bonds is 9. The molecule has 0 bridgehead atoms. The van der Waals surface area contributed by atoms with E-state index in [0.717, 1.165) is 39.0 Å². The van der Waals surface area contributed by atoms with Gasteiger partial charge in [-0.05, 0) is 76.1 Å². The summed E-state index contributed by atoms with van der Waals surface area (Å²) in [5, 5.41) is 0. The van der Waals surface area contributed by atoms with Crippen molar-refractivity contribution in [2.75, 3.05) is 54.4 Å². The molecule has 0 aliphatic rings. The minimum Gasteiger partial charge on any atom is -0.457 e. The van der Waals surface area contributed by atoms with Crippen molar-refractivity contribution in [2.24, 2.45) is 0 Å². The zero-order valence-electron chi connectivity index (χ0n) is 13.4. The molecular weight excluding hydrogens is 334 g/mol. The Morgan fingerprint density at radius 1 is 1.05 bits per heavy atom. The van der Waals surface area contributed by atoms with E-state index in [2.05, 4.69) is 25.7 Å². The van der Waals surface area contributed by atoms with Crippen LogP contribution in [-0.4, -0.2) is 75.0 Å². The summed E-state index contributed by atoms with van der Waals surface area (Å²) in [5.41, 5.74) is 0.602. The summed E-state index contributed by atoms with van der Waals surface area (Å²) in [5.74, 6) is 0.0353. The van der Waals surface area contributed by atoms with Crippen molar-refractivity contribution >= 4 is 21.8 Å². The summed E-state index contributed by atoms with van der Waals surface area (Å²) in [7, 11) is 8.19. The number of halogens is 1. The molecule has 0 N–H and O–H groups in total. The molecule has 0 radical (unpaired) electrons. The number of nitrogens with zero attached hydrogens (tertiary/aromatic N) is 3. The molecule has 1 heterocycles. The van der Waals surface area contributed by atoms with Crippen molar-refractivity contribution in [1.29, 1.82) is 0 Å². The Hall–Kier alpha value is -0.850. The predicted octanol–water partition coefficient (Wildman–Crippen LogP) is 2.39. The Kier molecular flexibility index (Phi) is 8.00. The van der Waals surface area contributed by atoms with E-state index in [1.54, 1.807) is 6.07 Å². The first-order valence-corrected chi connectivity index (χ1v) is 8.03. The van der Waals surface area contributed by atoms with Crippen LogP contribution in [0, 0.1) is 0 Å². The van der Waals surface area contributed by atoms with E-state index in [-0.39, 0.29) is 5.91 Å². The molecule has 0 aliphatic heterocycles. The van der Waals surface area contributed by atoms with Gasteiger partial charge in [-0.25, -0.2) is 0 Å². The molecule has 1 aromatic rings. The van der Waals surface area contributed by atoms with Crippen molar-refractivity contribution in [3.8, 4) is 0 Å². The number of carbonyl (C=O) groups excluding carboxylic acids is 1. The highest BCUT2D eigenvalue weighted by Gasteiger charge is 2.19. The van der Waals surface area contributed by atoms with Gasteiger partial charge in [-0.1, -0.05) is 0 Å². The van der Waals surface area contributed by atoms with Crippen molar-refractivity contribution in [3.63, 3.8) is 0 Å². The number of furan rings is 1. The van der Waals surface area contributed by atoms with Crippen LogP contribution >= 0.6 is 15.9 Å². The minimum absolute atomic E-state index is 0.0353. The van der Waals surface area contributed by atoms with E-state index in [4.69, 9.17) is 4.42 Å². The highest BCUT2D eigenvalue weighted by atomic mass is 79.9. The molecule has 0 aliphatic carbocycles. The largest absolute Gasteiger partial charge is 0.457 e. The average molecular weight is 360 g/mol. The fourth-order valence-corrected chi connectivity index (χ4v) is 2.50. The molecule has 0 saturated carbocycles. The topological polar surface area (TPSA) is 39.9 Å². The Morgan fingerprint density at radius 3 is 1.95 bits per heavy atom. The van der Waals surface area contributed by atoms with Gasteiger partial charge in [0.05, 0.1) is 11.8 Å². The van der Waals surface area contributed by atoms with Gasteiger partial charge < -0.3 is 19.1 Å². The van der Waals surface area contributed by atoms with E-state index in [1.165, 1.54) is 6.26 Å². The first-order chi connectivity index (χ1) is 9.91. The van der Waals surface area contributed by atoms with Crippen LogP contribution in [0.3, 0.4) is 0 Å².